The van der Waals surface area contributed by atoms with Crippen molar-refractivity contribution < 1.29 is 4.74 Å². The van der Waals surface area contributed by atoms with Gasteiger partial charge in [0.05, 0.1) is 4.47 Å². The van der Waals surface area contributed by atoms with Crippen molar-refractivity contribution in [3.8, 4) is 5.88 Å². The Kier molecular flexibility index (Phi) is 4.02. The van der Waals surface area contributed by atoms with Crippen molar-refractivity contribution in [1.82, 2.24) is 4.98 Å². The maximum absolute atomic E-state index is 5.81. The lowest BCUT2D eigenvalue weighted by Crippen LogP contribution is -1.98. The maximum Gasteiger partial charge on any atom is 0.228 e. The Hall–Kier alpha value is -1.06. The molecule has 0 fully saturated rings. The number of ether oxygens (including phenoxy) is 1. The molecule has 0 amide bonds. The van der Waals surface area contributed by atoms with Gasteiger partial charge in [-0.05, 0) is 52.2 Å². The second kappa shape index (κ2) is 5.52. The van der Waals surface area contributed by atoms with E-state index in [9.17, 15) is 0 Å². The smallest absolute Gasteiger partial charge is 0.228 e. The van der Waals surface area contributed by atoms with E-state index in [4.69, 9.17) is 16.3 Å². The highest BCUT2D eigenvalue weighted by molar-refractivity contribution is 9.10. The molecular formula is C13H11BrClNO. The second-order valence-corrected chi connectivity index (χ2v) is 5.01. The fourth-order valence-electron chi connectivity index (χ4n) is 1.36. The fraction of sp³-hybridized carbons (Fsp3) is 0.154. The SMILES string of the molecule is Cc1cnc(OCc2ccc(Cl)cc2)c(Br)c1. The summed E-state index contributed by atoms with van der Waals surface area (Å²) in [6, 6.07) is 9.54. The summed E-state index contributed by atoms with van der Waals surface area (Å²) in [6.07, 6.45) is 1.78. The lowest BCUT2D eigenvalue weighted by molar-refractivity contribution is 0.291. The molecule has 0 aliphatic rings. The molecule has 0 saturated heterocycles. The van der Waals surface area contributed by atoms with Crippen molar-refractivity contribution in [1.29, 1.82) is 0 Å². The first kappa shape index (κ1) is 12.4. The van der Waals surface area contributed by atoms with E-state index in [2.05, 4.69) is 20.9 Å². The summed E-state index contributed by atoms with van der Waals surface area (Å²) in [5.74, 6) is 0.602. The summed E-state index contributed by atoms with van der Waals surface area (Å²) in [5, 5.41) is 0.725. The van der Waals surface area contributed by atoms with Crippen molar-refractivity contribution in [2.45, 2.75) is 13.5 Å². The minimum atomic E-state index is 0.478. The Balaban J connectivity index is 2.04. The summed E-state index contributed by atoms with van der Waals surface area (Å²) in [5.41, 5.74) is 2.15. The number of halogens is 2. The first-order valence-corrected chi connectivity index (χ1v) is 6.31. The van der Waals surface area contributed by atoms with Crippen LogP contribution in [-0.2, 0) is 6.61 Å². The van der Waals surface area contributed by atoms with E-state index in [1.807, 2.05) is 37.3 Å². The Labute approximate surface area is 114 Å². The lowest BCUT2D eigenvalue weighted by Gasteiger charge is -2.07. The molecule has 0 radical (unpaired) electrons. The van der Waals surface area contributed by atoms with Gasteiger partial charge < -0.3 is 4.74 Å². The normalized spacial score (nSPS) is 10.3. The van der Waals surface area contributed by atoms with Gasteiger partial charge in [0.25, 0.3) is 0 Å². The molecule has 0 atom stereocenters. The Morgan fingerprint density at radius 2 is 2.00 bits per heavy atom. The van der Waals surface area contributed by atoms with Gasteiger partial charge >= 0.3 is 0 Å². The van der Waals surface area contributed by atoms with Gasteiger partial charge in [-0.25, -0.2) is 4.98 Å². The van der Waals surface area contributed by atoms with Crippen LogP contribution >= 0.6 is 27.5 Å². The average molecular weight is 313 g/mol. The van der Waals surface area contributed by atoms with Crippen molar-refractivity contribution in [3.05, 3.63) is 57.2 Å². The number of hydrogen-bond donors (Lipinski definition) is 0. The highest BCUT2D eigenvalue weighted by Gasteiger charge is 2.03. The minimum Gasteiger partial charge on any atom is -0.472 e. The number of pyridine rings is 1. The van der Waals surface area contributed by atoms with Crippen molar-refractivity contribution in [3.63, 3.8) is 0 Å². The first-order chi connectivity index (χ1) is 8.15. The van der Waals surface area contributed by atoms with Crippen LogP contribution in [0.3, 0.4) is 0 Å². The number of rotatable bonds is 3. The van der Waals surface area contributed by atoms with Crippen LogP contribution < -0.4 is 4.74 Å². The summed E-state index contributed by atoms with van der Waals surface area (Å²) in [7, 11) is 0. The van der Waals surface area contributed by atoms with E-state index in [1.54, 1.807) is 6.20 Å². The molecule has 1 aromatic carbocycles. The van der Waals surface area contributed by atoms with Crippen molar-refractivity contribution >= 4 is 27.5 Å². The van der Waals surface area contributed by atoms with Crippen LogP contribution in [0.5, 0.6) is 5.88 Å². The standard InChI is InChI=1S/C13H11BrClNO/c1-9-6-12(14)13(16-7-9)17-8-10-2-4-11(15)5-3-10/h2-7H,8H2,1H3. The Bertz CT molecular complexity index is 513. The zero-order valence-electron chi connectivity index (χ0n) is 9.28. The third kappa shape index (κ3) is 3.45. The second-order valence-electron chi connectivity index (χ2n) is 3.71. The van der Waals surface area contributed by atoms with E-state index in [0.717, 1.165) is 20.6 Å². The van der Waals surface area contributed by atoms with Gasteiger partial charge in [0.15, 0.2) is 0 Å². The third-order valence-corrected chi connectivity index (χ3v) is 3.05. The molecule has 1 aromatic heterocycles. The van der Waals surface area contributed by atoms with E-state index in [1.165, 1.54) is 0 Å². The molecule has 17 heavy (non-hydrogen) atoms. The zero-order valence-corrected chi connectivity index (χ0v) is 11.6. The van der Waals surface area contributed by atoms with Crippen molar-refractivity contribution in [2.24, 2.45) is 0 Å². The number of hydrogen-bond acceptors (Lipinski definition) is 2. The minimum absolute atomic E-state index is 0.478. The topological polar surface area (TPSA) is 22.1 Å². The lowest BCUT2D eigenvalue weighted by atomic mass is 10.2. The first-order valence-electron chi connectivity index (χ1n) is 5.14. The third-order valence-electron chi connectivity index (χ3n) is 2.23. The van der Waals surface area contributed by atoms with Gasteiger partial charge in [-0.3, -0.25) is 0 Å². The van der Waals surface area contributed by atoms with Crippen LogP contribution in [0.15, 0.2) is 41.0 Å². The number of benzene rings is 1. The van der Waals surface area contributed by atoms with Crippen LogP contribution in [0.25, 0.3) is 0 Å². The molecule has 0 saturated carbocycles. The molecule has 1 heterocycles. The molecule has 0 spiro atoms. The quantitative estimate of drug-likeness (QED) is 0.839. The van der Waals surface area contributed by atoms with Gasteiger partial charge in [-0.15, -0.1) is 0 Å². The number of aryl methyl sites for hydroxylation is 1. The average Bonchev–Trinajstić information content (AvgIpc) is 2.30. The molecule has 2 aromatic rings. The van der Waals surface area contributed by atoms with Crippen LogP contribution in [0.1, 0.15) is 11.1 Å². The summed E-state index contributed by atoms with van der Waals surface area (Å²) >= 11 is 9.23. The van der Waals surface area contributed by atoms with E-state index >= 15 is 0 Å². The number of aromatic nitrogens is 1. The number of nitrogens with zero attached hydrogens (tertiary/aromatic N) is 1. The molecule has 0 aliphatic heterocycles. The van der Waals surface area contributed by atoms with Crippen LogP contribution in [-0.4, -0.2) is 4.98 Å². The fourth-order valence-corrected chi connectivity index (χ4v) is 2.06. The Morgan fingerprint density at radius 3 is 2.65 bits per heavy atom. The van der Waals surface area contributed by atoms with Gasteiger partial charge in [0.1, 0.15) is 6.61 Å². The van der Waals surface area contributed by atoms with E-state index < -0.39 is 0 Å². The van der Waals surface area contributed by atoms with Gasteiger partial charge in [0, 0.05) is 11.2 Å². The summed E-state index contributed by atoms with van der Waals surface area (Å²) in [6.45, 7) is 2.46. The van der Waals surface area contributed by atoms with E-state index in [-0.39, 0.29) is 0 Å². The molecule has 0 aliphatic carbocycles. The summed E-state index contributed by atoms with van der Waals surface area (Å²) in [4.78, 5) is 4.22. The molecule has 0 unspecified atom stereocenters. The monoisotopic (exact) mass is 311 g/mol. The van der Waals surface area contributed by atoms with Crippen LogP contribution in [0.2, 0.25) is 5.02 Å². The molecular weight excluding hydrogens is 302 g/mol. The molecule has 2 rings (SSSR count). The van der Waals surface area contributed by atoms with Crippen LogP contribution in [0.4, 0.5) is 0 Å². The molecule has 0 N–H and O–H groups in total. The predicted octanol–water partition coefficient (Wildman–Crippen LogP) is 4.38. The highest BCUT2D eigenvalue weighted by Crippen LogP contribution is 2.23. The van der Waals surface area contributed by atoms with Crippen molar-refractivity contribution in [2.75, 3.05) is 0 Å². The van der Waals surface area contributed by atoms with Gasteiger partial charge in [0.2, 0.25) is 5.88 Å². The van der Waals surface area contributed by atoms with Crippen LogP contribution in [0, 0.1) is 6.92 Å². The van der Waals surface area contributed by atoms with E-state index in [0.29, 0.717) is 12.5 Å². The molecule has 88 valence electrons. The molecule has 2 nitrogen and oxygen atoms in total. The Morgan fingerprint density at radius 1 is 1.29 bits per heavy atom. The zero-order chi connectivity index (χ0) is 12.3. The molecule has 0 bridgehead atoms. The molecule has 4 heteroatoms. The highest BCUT2D eigenvalue weighted by atomic mass is 79.9. The van der Waals surface area contributed by atoms with Gasteiger partial charge in [-0.2, -0.15) is 0 Å². The maximum atomic E-state index is 5.81. The summed E-state index contributed by atoms with van der Waals surface area (Å²) < 4.78 is 6.48. The predicted molar refractivity (Wildman–Crippen MR) is 72.5 cm³/mol. The largest absolute Gasteiger partial charge is 0.472 e. The van der Waals surface area contributed by atoms with Gasteiger partial charge in [-0.1, -0.05) is 23.7 Å².